The molecule has 1 aromatic carbocycles. The predicted molar refractivity (Wildman–Crippen MR) is 110 cm³/mol. The Morgan fingerprint density at radius 2 is 1.93 bits per heavy atom. The van der Waals surface area contributed by atoms with E-state index in [0.29, 0.717) is 30.9 Å². The average molecular weight is 403 g/mol. The van der Waals surface area contributed by atoms with Gasteiger partial charge in [-0.2, -0.15) is 0 Å². The lowest BCUT2D eigenvalue weighted by Gasteiger charge is -2.27. The van der Waals surface area contributed by atoms with Crippen molar-refractivity contribution in [3.05, 3.63) is 58.1 Å². The van der Waals surface area contributed by atoms with Crippen LogP contribution in [0.4, 0.5) is 5.82 Å². The predicted octanol–water partition coefficient (Wildman–Crippen LogP) is 1.08. The van der Waals surface area contributed by atoms with Gasteiger partial charge in [0.15, 0.2) is 15.7 Å². The number of sulfone groups is 1. The molecule has 2 aromatic rings. The lowest BCUT2D eigenvalue weighted by molar-refractivity contribution is 0.585. The van der Waals surface area contributed by atoms with Crippen LogP contribution >= 0.6 is 0 Å². The number of hydrogen-bond acceptors (Lipinski definition) is 6. The van der Waals surface area contributed by atoms with Crippen LogP contribution in [0, 0.1) is 0 Å². The van der Waals surface area contributed by atoms with Crippen molar-refractivity contribution < 1.29 is 8.42 Å². The van der Waals surface area contributed by atoms with E-state index in [1.54, 1.807) is 11.1 Å². The zero-order chi connectivity index (χ0) is 19.6. The van der Waals surface area contributed by atoms with Gasteiger partial charge >= 0.3 is 0 Å². The van der Waals surface area contributed by atoms with E-state index in [-0.39, 0.29) is 17.1 Å². The third kappa shape index (κ3) is 4.62. The van der Waals surface area contributed by atoms with Crippen LogP contribution < -0.4 is 15.8 Å². The molecule has 1 aliphatic carbocycles. The van der Waals surface area contributed by atoms with Crippen molar-refractivity contribution in [1.82, 2.24) is 15.3 Å². The molecule has 1 aliphatic heterocycles. The zero-order valence-electron chi connectivity index (χ0n) is 15.8. The highest BCUT2D eigenvalue weighted by Crippen LogP contribution is 2.40. The van der Waals surface area contributed by atoms with Crippen LogP contribution in [0.3, 0.4) is 0 Å². The van der Waals surface area contributed by atoms with Gasteiger partial charge in [0.25, 0.3) is 5.56 Å². The van der Waals surface area contributed by atoms with Gasteiger partial charge in [0.05, 0.1) is 17.2 Å². The van der Waals surface area contributed by atoms with Crippen molar-refractivity contribution in [3.63, 3.8) is 0 Å². The molecule has 0 unspecified atom stereocenters. The van der Waals surface area contributed by atoms with Gasteiger partial charge < -0.3 is 15.2 Å². The molecule has 0 spiro atoms. The number of nitrogens with one attached hydrogen (secondary N) is 2. The Hall–Kier alpha value is -2.19. The Labute approximate surface area is 165 Å². The molecule has 1 saturated carbocycles. The fourth-order valence-corrected chi connectivity index (χ4v) is 4.95. The average Bonchev–Trinajstić information content (AvgIpc) is 3.47. The molecule has 1 saturated heterocycles. The molecular weight excluding hydrogens is 376 g/mol. The second-order valence-corrected chi connectivity index (χ2v) is 9.90. The van der Waals surface area contributed by atoms with Gasteiger partial charge in [-0.3, -0.25) is 4.79 Å². The molecule has 0 bridgehead atoms. The number of benzene rings is 1. The van der Waals surface area contributed by atoms with Gasteiger partial charge in [0, 0.05) is 31.2 Å². The molecule has 0 amide bonds. The fraction of sp³-hybridized carbons (Fsp3) is 0.500. The van der Waals surface area contributed by atoms with Crippen molar-refractivity contribution in [3.8, 4) is 0 Å². The lowest BCUT2D eigenvalue weighted by Crippen LogP contribution is -2.43. The first-order valence-corrected chi connectivity index (χ1v) is 11.7. The minimum Gasteiger partial charge on any atom is -0.350 e. The maximum Gasteiger partial charge on any atom is 0.290 e. The highest BCUT2D eigenvalue weighted by molar-refractivity contribution is 7.91. The largest absolute Gasteiger partial charge is 0.350 e. The summed E-state index contributed by atoms with van der Waals surface area (Å²) in [6.45, 7) is 1.56. The monoisotopic (exact) mass is 402 g/mol. The molecular formula is C20H26N4O3S. The van der Waals surface area contributed by atoms with Crippen molar-refractivity contribution in [1.29, 1.82) is 0 Å². The fourth-order valence-electron chi connectivity index (χ4n) is 3.75. The lowest BCUT2D eigenvalue weighted by atomic mass is 10.1. The Balaban J connectivity index is 1.26. The highest BCUT2D eigenvalue weighted by atomic mass is 32.2. The summed E-state index contributed by atoms with van der Waals surface area (Å²) in [5, 5.41) is 3.60. The van der Waals surface area contributed by atoms with Crippen LogP contribution in [0.2, 0.25) is 0 Å². The minimum absolute atomic E-state index is 0.0756. The van der Waals surface area contributed by atoms with E-state index >= 15 is 0 Å². The summed E-state index contributed by atoms with van der Waals surface area (Å²) in [5.74, 6) is 1.11. The topological polar surface area (TPSA) is 95.2 Å². The van der Waals surface area contributed by atoms with Gasteiger partial charge in [0.1, 0.15) is 0 Å². The van der Waals surface area contributed by atoms with E-state index in [9.17, 15) is 13.2 Å². The second-order valence-electron chi connectivity index (χ2n) is 7.60. The third-order valence-corrected chi connectivity index (χ3v) is 7.11. The van der Waals surface area contributed by atoms with Crippen LogP contribution in [-0.2, 0) is 16.3 Å². The van der Waals surface area contributed by atoms with Gasteiger partial charge in [-0.15, -0.1) is 0 Å². The third-order valence-electron chi connectivity index (χ3n) is 5.50. The Morgan fingerprint density at radius 3 is 2.68 bits per heavy atom. The van der Waals surface area contributed by atoms with E-state index in [2.05, 4.69) is 39.6 Å². The Kier molecular flexibility index (Phi) is 5.50. The molecule has 8 heteroatoms. The first-order valence-electron chi connectivity index (χ1n) is 9.84. The molecule has 28 heavy (non-hydrogen) atoms. The maximum atomic E-state index is 12.1. The molecule has 4 rings (SSSR count). The first kappa shape index (κ1) is 19.1. The maximum absolute atomic E-state index is 12.1. The molecule has 2 heterocycles. The summed E-state index contributed by atoms with van der Waals surface area (Å²) >= 11 is 0. The van der Waals surface area contributed by atoms with Crippen molar-refractivity contribution in [2.24, 2.45) is 0 Å². The van der Waals surface area contributed by atoms with Crippen molar-refractivity contribution >= 4 is 15.7 Å². The summed E-state index contributed by atoms with van der Waals surface area (Å²) in [7, 11) is -2.98. The number of rotatable bonds is 7. The van der Waals surface area contributed by atoms with Crippen LogP contribution in [-0.4, -0.2) is 55.6 Å². The number of H-pyrrole nitrogens is 1. The van der Waals surface area contributed by atoms with E-state index in [4.69, 9.17) is 0 Å². The molecule has 2 N–H and O–H groups in total. The van der Waals surface area contributed by atoms with Gasteiger partial charge in [-0.25, -0.2) is 13.4 Å². The molecule has 2 fully saturated rings. The number of nitrogens with zero attached hydrogens (tertiary/aromatic N) is 2. The quantitative estimate of drug-likeness (QED) is 0.673. The van der Waals surface area contributed by atoms with E-state index < -0.39 is 9.84 Å². The normalized spacial score (nSPS) is 23.5. The highest BCUT2D eigenvalue weighted by Gasteiger charge is 2.37. The summed E-state index contributed by atoms with van der Waals surface area (Å²) in [5.41, 5.74) is 1.97. The van der Waals surface area contributed by atoms with Crippen LogP contribution in [0.25, 0.3) is 0 Å². The Morgan fingerprint density at radius 1 is 1.18 bits per heavy atom. The second kappa shape index (κ2) is 8.05. The van der Waals surface area contributed by atoms with Crippen LogP contribution in [0.1, 0.15) is 30.0 Å². The van der Waals surface area contributed by atoms with Crippen molar-refractivity contribution in [2.45, 2.75) is 31.2 Å². The summed E-state index contributed by atoms with van der Waals surface area (Å²) in [6.07, 6.45) is 4.55. The molecule has 2 aliphatic rings. The standard InChI is InChI=1S/C20H26N4O3S/c25-20-19(24-9-11-28(26,27)12-10-24)23-16(14-22-20)7-4-8-21-18-13-17(18)15-5-2-1-3-6-15/h1-3,5-6,14,17-18,21H,4,7-13H2,(H,22,25)/t17-,18+/m0/s1. The number of aromatic amines is 1. The Bertz CT molecular complexity index is 960. The zero-order valence-corrected chi connectivity index (χ0v) is 16.6. The van der Waals surface area contributed by atoms with Crippen LogP contribution in [0.5, 0.6) is 0 Å². The van der Waals surface area contributed by atoms with Crippen molar-refractivity contribution in [2.75, 3.05) is 36.0 Å². The number of aromatic nitrogens is 2. The summed E-state index contributed by atoms with van der Waals surface area (Å²) in [6, 6.07) is 11.1. The smallest absolute Gasteiger partial charge is 0.290 e. The SMILES string of the molecule is O=c1[nH]cc(CCCN[C@@H]2C[C@H]2c2ccccc2)nc1N1CCS(=O)(=O)CC1. The van der Waals surface area contributed by atoms with Gasteiger partial charge in [-0.05, 0) is 31.4 Å². The molecule has 7 nitrogen and oxygen atoms in total. The first-order chi connectivity index (χ1) is 13.5. The van der Waals surface area contributed by atoms with E-state index in [1.807, 2.05) is 6.07 Å². The van der Waals surface area contributed by atoms with Crippen LogP contribution in [0.15, 0.2) is 41.3 Å². The molecule has 2 atom stereocenters. The number of hydrogen-bond donors (Lipinski definition) is 2. The molecule has 0 radical (unpaired) electrons. The van der Waals surface area contributed by atoms with E-state index in [0.717, 1.165) is 25.1 Å². The molecule has 1 aromatic heterocycles. The molecule has 150 valence electrons. The number of aryl methyl sites for hydroxylation is 1. The minimum atomic E-state index is -2.98. The summed E-state index contributed by atoms with van der Waals surface area (Å²) < 4.78 is 23.2. The van der Waals surface area contributed by atoms with Gasteiger partial charge in [0.2, 0.25) is 0 Å². The van der Waals surface area contributed by atoms with Gasteiger partial charge in [-0.1, -0.05) is 30.3 Å². The number of anilines is 1. The summed E-state index contributed by atoms with van der Waals surface area (Å²) in [4.78, 5) is 21.1. The van der Waals surface area contributed by atoms with E-state index in [1.165, 1.54) is 12.0 Å².